The first-order chi connectivity index (χ1) is 16.5. The smallest absolute Gasteiger partial charge is 0.335 e. The van der Waals surface area contributed by atoms with Crippen molar-refractivity contribution in [3.63, 3.8) is 0 Å². The van der Waals surface area contributed by atoms with Gasteiger partial charge in [-0.1, -0.05) is 13.8 Å². The van der Waals surface area contributed by atoms with Crippen LogP contribution in [0.1, 0.15) is 78.6 Å². The molecule has 0 radical (unpaired) electrons. The van der Waals surface area contributed by atoms with Crippen LogP contribution >= 0.6 is 0 Å². The number of aliphatic hydroxyl groups is 3. The third kappa shape index (κ3) is 3.99. The third-order valence-corrected chi connectivity index (χ3v) is 11.2. The van der Waals surface area contributed by atoms with Gasteiger partial charge in [0.1, 0.15) is 24.1 Å². The minimum Gasteiger partial charge on any atom is -0.479 e. The van der Waals surface area contributed by atoms with Crippen LogP contribution < -0.4 is 0 Å². The molecule has 8 nitrogen and oxygen atoms in total. The molecule has 1 saturated heterocycles. The van der Waals surface area contributed by atoms with Gasteiger partial charge in [-0.3, -0.25) is 4.79 Å². The Balaban J connectivity index is 1.26. The minimum atomic E-state index is -1.71. The van der Waals surface area contributed by atoms with Crippen LogP contribution in [0, 0.1) is 40.4 Å². The van der Waals surface area contributed by atoms with E-state index in [-0.39, 0.29) is 22.9 Å². The third-order valence-electron chi connectivity index (χ3n) is 11.2. The van der Waals surface area contributed by atoms with E-state index in [9.17, 15) is 30.0 Å². The number of carboxylic acids is 1. The molecule has 0 bridgehead atoms. The van der Waals surface area contributed by atoms with Crippen molar-refractivity contribution in [2.24, 2.45) is 40.4 Å². The Morgan fingerprint density at radius 2 is 1.54 bits per heavy atom. The highest BCUT2D eigenvalue weighted by atomic mass is 16.7. The summed E-state index contributed by atoms with van der Waals surface area (Å²) in [5.74, 6) is 1.62. The van der Waals surface area contributed by atoms with Crippen molar-refractivity contribution in [2.75, 3.05) is 0 Å². The average Bonchev–Trinajstić information content (AvgIpc) is 3.17. The number of ether oxygens (including phenoxy) is 2. The van der Waals surface area contributed by atoms with E-state index in [1.165, 1.54) is 19.3 Å². The van der Waals surface area contributed by atoms with Gasteiger partial charge in [-0.15, -0.1) is 0 Å². The molecule has 4 aliphatic carbocycles. The number of hydrogen-bond donors (Lipinski definition) is 4. The molecule has 1 aliphatic heterocycles. The molecule has 1 heterocycles. The van der Waals surface area contributed by atoms with Crippen molar-refractivity contribution >= 4 is 11.8 Å². The summed E-state index contributed by atoms with van der Waals surface area (Å²) in [4.78, 5) is 23.8. The predicted molar refractivity (Wildman–Crippen MR) is 125 cm³/mol. The van der Waals surface area contributed by atoms with Crippen LogP contribution in [0.15, 0.2) is 0 Å². The lowest BCUT2D eigenvalue weighted by Crippen LogP contribution is -2.61. The van der Waals surface area contributed by atoms with E-state index in [1.54, 1.807) is 6.92 Å². The summed E-state index contributed by atoms with van der Waals surface area (Å²) in [7, 11) is 0. The van der Waals surface area contributed by atoms with Crippen molar-refractivity contribution in [3.05, 3.63) is 0 Å². The largest absolute Gasteiger partial charge is 0.479 e. The molecule has 4 N–H and O–H groups in total. The molecule has 0 unspecified atom stereocenters. The maximum absolute atomic E-state index is 12.4. The van der Waals surface area contributed by atoms with Gasteiger partial charge in [0, 0.05) is 5.92 Å². The van der Waals surface area contributed by atoms with Crippen LogP contribution in [0.25, 0.3) is 0 Å². The molecule has 0 amide bonds. The first-order valence-electron chi connectivity index (χ1n) is 13.6. The summed E-state index contributed by atoms with van der Waals surface area (Å²) < 4.78 is 11.4. The van der Waals surface area contributed by atoms with Gasteiger partial charge >= 0.3 is 5.97 Å². The van der Waals surface area contributed by atoms with Gasteiger partial charge in [0.15, 0.2) is 12.4 Å². The lowest BCUT2D eigenvalue weighted by Gasteiger charge is -2.61. The summed E-state index contributed by atoms with van der Waals surface area (Å²) in [5, 5.41) is 39.7. The van der Waals surface area contributed by atoms with Gasteiger partial charge in [-0.2, -0.15) is 0 Å². The number of carboxylic acid groups (broad SMARTS) is 1. The minimum absolute atomic E-state index is 0.150. The maximum Gasteiger partial charge on any atom is 0.335 e. The molecule has 0 aromatic rings. The van der Waals surface area contributed by atoms with Crippen LogP contribution in [0.2, 0.25) is 0 Å². The highest BCUT2D eigenvalue weighted by molar-refractivity contribution is 5.79. The molecular formula is C27H42O8. The second kappa shape index (κ2) is 9.05. The highest BCUT2D eigenvalue weighted by Crippen LogP contribution is 2.67. The molecule has 0 aromatic heterocycles. The maximum atomic E-state index is 12.4. The Morgan fingerprint density at radius 1 is 0.857 bits per heavy atom. The molecule has 5 aliphatic rings. The SMILES string of the molecule is CC(=O)[C@@H]1CC[C@@H]2[C@@H]3CC[C@@H]4C[C@H](O[C@@H]5O[C@H](C(=O)O)[C@@H](O)[C@H](O)[C@H]5O)CC[C@]4(C)[C@H]3CC[C@]21C. The van der Waals surface area contributed by atoms with Gasteiger partial charge < -0.3 is 29.9 Å². The Hall–Kier alpha value is -1.06. The Morgan fingerprint density at radius 3 is 2.23 bits per heavy atom. The molecule has 13 atom stereocenters. The van der Waals surface area contributed by atoms with Gasteiger partial charge in [0.25, 0.3) is 0 Å². The molecule has 4 saturated carbocycles. The number of fused-ring (bicyclic) bond motifs is 5. The Kier molecular flexibility index (Phi) is 6.61. The lowest BCUT2D eigenvalue weighted by atomic mass is 9.44. The number of rotatable bonds is 4. The standard InChI is InChI=1S/C27H42O8/c1-13(28)17-6-7-18-16-5-4-14-12-15(8-10-26(14,2)19(16)9-11-27(17,18)3)34-25-22(31)20(29)21(30)23(35-25)24(32)33/h14-23,25,29-31H,4-12H2,1-3H3,(H,32,33)/t14-,15-,16+,17+,18-,19+,20+,21+,22-,23+,25-,26+,27+/m1/s1. The van der Waals surface area contributed by atoms with E-state index in [2.05, 4.69) is 13.8 Å². The summed E-state index contributed by atoms with van der Waals surface area (Å²) >= 11 is 0. The van der Waals surface area contributed by atoms with E-state index < -0.39 is 36.7 Å². The van der Waals surface area contributed by atoms with Crippen molar-refractivity contribution in [1.82, 2.24) is 0 Å². The fraction of sp³-hybridized carbons (Fsp3) is 0.926. The van der Waals surface area contributed by atoms with E-state index >= 15 is 0 Å². The Labute approximate surface area is 207 Å². The van der Waals surface area contributed by atoms with Gasteiger partial charge in [0.05, 0.1) is 6.10 Å². The summed E-state index contributed by atoms with van der Waals surface area (Å²) in [6.07, 6.45) is 1.46. The lowest BCUT2D eigenvalue weighted by molar-refractivity contribution is -0.309. The van der Waals surface area contributed by atoms with Crippen LogP contribution in [0.3, 0.4) is 0 Å². The summed E-state index contributed by atoms with van der Waals surface area (Å²) in [5.41, 5.74) is 0.362. The van der Waals surface area contributed by atoms with E-state index in [0.29, 0.717) is 29.5 Å². The fourth-order valence-corrected chi connectivity index (χ4v) is 9.36. The van der Waals surface area contributed by atoms with Crippen molar-refractivity contribution in [3.8, 4) is 0 Å². The zero-order valence-electron chi connectivity index (χ0n) is 21.1. The van der Waals surface area contributed by atoms with Gasteiger partial charge in [0.2, 0.25) is 0 Å². The van der Waals surface area contributed by atoms with E-state index in [1.807, 2.05) is 0 Å². The van der Waals surface area contributed by atoms with Crippen molar-refractivity contribution in [2.45, 2.75) is 115 Å². The van der Waals surface area contributed by atoms with Crippen molar-refractivity contribution < 1.29 is 39.5 Å². The molecule has 35 heavy (non-hydrogen) atoms. The van der Waals surface area contributed by atoms with Crippen LogP contribution in [0.5, 0.6) is 0 Å². The molecule has 198 valence electrons. The summed E-state index contributed by atoms with van der Waals surface area (Å²) in [6.45, 7) is 6.59. The Bertz CT molecular complexity index is 847. The number of ketones is 1. The number of Topliss-reactive ketones (excluding diaryl/α,β-unsaturated/α-hetero) is 1. The van der Waals surface area contributed by atoms with Crippen LogP contribution in [0.4, 0.5) is 0 Å². The monoisotopic (exact) mass is 494 g/mol. The normalized spacial score (nSPS) is 53.8. The van der Waals surface area contributed by atoms with Gasteiger partial charge in [-0.05, 0) is 99.2 Å². The molecule has 5 fully saturated rings. The topological polar surface area (TPSA) is 134 Å². The predicted octanol–water partition coefficient (Wildman–Crippen LogP) is 2.51. The zero-order valence-corrected chi connectivity index (χ0v) is 21.1. The second-order valence-corrected chi connectivity index (χ2v) is 12.7. The first kappa shape index (κ1) is 25.6. The fourth-order valence-electron chi connectivity index (χ4n) is 9.36. The number of carbonyl (C=O) groups excluding carboxylic acids is 1. The number of aliphatic hydroxyl groups excluding tert-OH is 3. The van der Waals surface area contributed by atoms with Crippen LogP contribution in [-0.2, 0) is 19.1 Å². The molecule has 5 rings (SSSR count). The molecule has 0 aromatic carbocycles. The van der Waals surface area contributed by atoms with Crippen molar-refractivity contribution in [1.29, 1.82) is 0 Å². The van der Waals surface area contributed by atoms with Crippen LogP contribution in [-0.4, -0.2) is 69.0 Å². The highest BCUT2D eigenvalue weighted by Gasteiger charge is 2.61. The van der Waals surface area contributed by atoms with E-state index in [4.69, 9.17) is 9.47 Å². The molecular weight excluding hydrogens is 452 g/mol. The number of hydrogen-bond acceptors (Lipinski definition) is 7. The van der Waals surface area contributed by atoms with Gasteiger partial charge in [-0.25, -0.2) is 4.79 Å². The van der Waals surface area contributed by atoms with E-state index in [0.717, 1.165) is 38.5 Å². The molecule has 8 heteroatoms. The first-order valence-corrected chi connectivity index (χ1v) is 13.6. The molecule has 0 spiro atoms. The number of aliphatic carboxylic acids is 1. The average molecular weight is 495 g/mol. The quantitative estimate of drug-likeness (QED) is 0.438. The summed E-state index contributed by atoms with van der Waals surface area (Å²) in [6, 6.07) is 0. The zero-order chi connectivity index (χ0) is 25.3. The second-order valence-electron chi connectivity index (χ2n) is 12.7. The number of carbonyl (C=O) groups is 2.